The van der Waals surface area contributed by atoms with E-state index >= 15 is 0 Å². The van der Waals surface area contributed by atoms with Crippen molar-refractivity contribution >= 4 is 53.4 Å². The van der Waals surface area contributed by atoms with Gasteiger partial charge < -0.3 is 4.42 Å². The molecule has 0 N–H and O–H groups in total. The van der Waals surface area contributed by atoms with Crippen molar-refractivity contribution in [2.45, 2.75) is 0 Å². The zero-order valence-electron chi connectivity index (χ0n) is 30.1. The highest BCUT2D eigenvalue weighted by Crippen LogP contribution is 2.46. The van der Waals surface area contributed by atoms with E-state index in [4.69, 9.17) is 14.4 Å². The first-order valence-corrected chi connectivity index (χ1v) is 19.5. The van der Waals surface area contributed by atoms with Crippen molar-refractivity contribution in [3.63, 3.8) is 0 Å². The summed E-state index contributed by atoms with van der Waals surface area (Å²) in [5.41, 5.74) is 13.2. The van der Waals surface area contributed by atoms with Gasteiger partial charge in [0.15, 0.2) is 5.82 Å². The molecule has 5 heteroatoms. The standard InChI is InChI=1S/C51H31N3OS/c1-2-10-34(11-3-1)44-30-45(54-51(53-44)36-25-19-32(20-26-36)37-12-9-29-52-31-37)35-23-21-33(22-24-35)38-27-28-40(49-48(38)43-14-4-6-17-46(43)55-49)42-16-8-15-41-39-13-5-7-18-47(39)56-50(41)42/h1-31H. The van der Waals surface area contributed by atoms with E-state index in [0.717, 1.165) is 77.8 Å². The number of nitrogens with zero attached hydrogens (tertiary/aromatic N) is 3. The molecule has 56 heavy (non-hydrogen) atoms. The number of benzene rings is 7. The molecule has 0 unspecified atom stereocenters. The summed E-state index contributed by atoms with van der Waals surface area (Å²) in [5, 5.41) is 4.79. The van der Waals surface area contributed by atoms with Gasteiger partial charge in [-0.1, -0.05) is 146 Å². The van der Waals surface area contributed by atoms with Crippen LogP contribution in [0.1, 0.15) is 0 Å². The lowest BCUT2D eigenvalue weighted by Gasteiger charge is -2.12. The highest BCUT2D eigenvalue weighted by atomic mass is 32.1. The molecule has 11 rings (SSSR count). The number of hydrogen-bond donors (Lipinski definition) is 0. The number of fused-ring (bicyclic) bond motifs is 6. The molecule has 4 aromatic heterocycles. The second-order valence-corrected chi connectivity index (χ2v) is 15.0. The van der Waals surface area contributed by atoms with E-state index in [9.17, 15) is 0 Å². The first-order chi connectivity index (χ1) is 27.7. The molecular formula is C51H31N3OS. The minimum atomic E-state index is 0.680. The van der Waals surface area contributed by atoms with Gasteiger partial charge in [0, 0.05) is 71.2 Å². The van der Waals surface area contributed by atoms with Gasteiger partial charge in [-0.3, -0.25) is 4.98 Å². The maximum atomic E-state index is 6.74. The molecule has 0 amide bonds. The van der Waals surface area contributed by atoms with Crippen LogP contribution in [-0.4, -0.2) is 15.0 Å². The van der Waals surface area contributed by atoms with E-state index in [0.29, 0.717) is 5.82 Å². The first-order valence-electron chi connectivity index (χ1n) is 18.7. The zero-order valence-corrected chi connectivity index (χ0v) is 30.9. The summed E-state index contributed by atoms with van der Waals surface area (Å²) >= 11 is 1.84. The number of aromatic nitrogens is 3. The van der Waals surface area contributed by atoms with E-state index in [2.05, 4.69) is 151 Å². The van der Waals surface area contributed by atoms with E-state index in [-0.39, 0.29) is 0 Å². The maximum absolute atomic E-state index is 6.74. The number of para-hydroxylation sites is 1. The highest BCUT2D eigenvalue weighted by Gasteiger charge is 2.20. The van der Waals surface area contributed by atoms with Gasteiger partial charge in [0.25, 0.3) is 0 Å². The topological polar surface area (TPSA) is 51.8 Å². The minimum absolute atomic E-state index is 0.680. The van der Waals surface area contributed by atoms with E-state index < -0.39 is 0 Å². The molecular weight excluding hydrogens is 703 g/mol. The summed E-state index contributed by atoms with van der Waals surface area (Å²) in [6.45, 7) is 0. The van der Waals surface area contributed by atoms with Crippen LogP contribution in [0.15, 0.2) is 193 Å². The molecule has 0 saturated heterocycles. The van der Waals surface area contributed by atoms with Crippen LogP contribution >= 0.6 is 11.3 Å². The van der Waals surface area contributed by atoms with Crippen molar-refractivity contribution in [2.75, 3.05) is 0 Å². The van der Waals surface area contributed by atoms with Crippen LogP contribution in [0.3, 0.4) is 0 Å². The monoisotopic (exact) mass is 733 g/mol. The van der Waals surface area contributed by atoms with Crippen LogP contribution in [0.2, 0.25) is 0 Å². The molecule has 0 radical (unpaired) electrons. The van der Waals surface area contributed by atoms with E-state index in [1.807, 2.05) is 47.9 Å². The summed E-state index contributed by atoms with van der Waals surface area (Å²) < 4.78 is 9.31. The second kappa shape index (κ2) is 13.3. The third kappa shape index (κ3) is 5.48. The van der Waals surface area contributed by atoms with Crippen LogP contribution in [0, 0.1) is 0 Å². The van der Waals surface area contributed by atoms with Gasteiger partial charge in [0.1, 0.15) is 11.2 Å². The Morgan fingerprint density at radius 3 is 1.88 bits per heavy atom. The first kappa shape index (κ1) is 32.2. The fourth-order valence-electron chi connectivity index (χ4n) is 7.89. The second-order valence-electron chi connectivity index (χ2n) is 14.0. The van der Waals surface area contributed by atoms with Crippen LogP contribution < -0.4 is 0 Å². The third-order valence-corrected chi connectivity index (χ3v) is 11.9. The third-order valence-electron chi connectivity index (χ3n) is 10.6. The molecule has 0 bridgehead atoms. The van der Waals surface area contributed by atoms with Crippen molar-refractivity contribution in [1.82, 2.24) is 15.0 Å². The molecule has 4 nitrogen and oxygen atoms in total. The fraction of sp³-hybridized carbons (Fsp3) is 0. The van der Waals surface area contributed by atoms with Crippen molar-refractivity contribution in [1.29, 1.82) is 0 Å². The van der Waals surface area contributed by atoms with E-state index in [1.165, 1.54) is 25.7 Å². The molecule has 0 aliphatic rings. The van der Waals surface area contributed by atoms with Gasteiger partial charge >= 0.3 is 0 Å². The smallest absolute Gasteiger partial charge is 0.160 e. The number of thiophene rings is 1. The Balaban J connectivity index is 1.02. The molecule has 11 aromatic rings. The Labute approximate surface area is 327 Å². The molecule has 4 heterocycles. The lowest BCUT2D eigenvalue weighted by atomic mass is 9.93. The lowest BCUT2D eigenvalue weighted by Crippen LogP contribution is -1.96. The number of hydrogen-bond acceptors (Lipinski definition) is 5. The molecule has 0 atom stereocenters. The molecule has 0 aliphatic carbocycles. The summed E-state index contributed by atoms with van der Waals surface area (Å²) in [6, 6.07) is 61.7. The fourth-order valence-corrected chi connectivity index (χ4v) is 9.12. The Bertz CT molecular complexity index is 3220. The predicted molar refractivity (Wildman–Crippen MR) is 233 cm³/mol. The summed E-state index contributed by atoms with van der Waals surface area (Å²) in [5.74, 6) is 0.680. The van der Waals surface area contributed by atoms with Crippen LogP contribution in [0.5, 0.6) is 0 Å². The quantitative estimate of drug-likeness (QED) is 0.171. The Morgan fingerprint density at radius 1 is 0.429 bits per heavy atom. The van der Waals surface area contributed by atoms with E-state index in [1.54, 1.807) is 6.20 Å². The van der Waals surface area contributed by atoms with Gasteiger partial charge in [-0.15, -0.1) is 11.3 Å². The molecule has 0 aliphatic heterocycles. The van der Waals surface area contributed by atoms with Gasteiger partial charge in [-0.05, 0) is 52.6 Å². The highest BCUT2D eigenvalue weighted by molar-refractivity contribution is 7.26. The van der Waals surface area contributed by atoms with Crippen LogP contribution in [0.4, 0.5) is 0 Å². The average Bonchev–Trinajstić information content (AvgIpc) is 3.86. The average molecular weight is 734 g/mol. The normalized spacial score (nSPS) is 11.6. The Kier molecular flexibility index (Phi) is 7.64. The Morgan fingerprint density at radius 2 is 1.07 bits per heavy atom. The predicted octanol–water partition coefficient (Wildman–Crippen LogP) is 14.1. The summed E-state index contributed by atoms with van der Waals surface area (Å²) in [6.07, 6.45) is 3.67. The van der Waals surface area contributed by atoms with Gasteiger partial charge in [-0.25, -0.2) is 9.97 Å². The molecule has 262 valence electrons. The van der Waals surface area contributed by atoms with Crippen LogP contribution in [0.25, 0.3) is 109 Å². The Hall–Kier alpha value is -7.21. The molecule has 0 spiro atoms. The van der Waals surface area contributed by atoms with Gasteiger partial charge in [0.05, 0.1) is 11.4 Å². The summed E-state index contributed by atoms with van der Waals surface area (Å²) in [4.78, 5) is 14.5. The summed E-state index contributed by atoms with van der Waals surface area (Å²) in [7, 11) is 0. The lowest BCUT2D eigenvalue weighted by molar-refractivity contribution is 0.670. The number of furan rings is 1. The van der Waals surface area contributed by atoms with Crippen molar-refractivity contribution < 1.29 is 4.42 Å². The maximum Gasteiger partial charge on any atom is 0.160 e. The minimum Gasteiger partial charge on any atom is -0.455 e. The van der Waals surface area contributed by atoms with Crippen molar-refractivity contribution in [3.05, 3.63) is 188 Å². The molecule has 0 saturated carbocycles. The SMILES string of the molecule is c1ccc(-c2cc(-c3ccc(-c4ccc(-c5cccc6c5sc5ccccc56)c5oc6ccccc6c45)cc3)nc(-c3ccc(-c4cccnc4)cc3)n2)cc1. The van der Waals surface area contributed by atoms with Crippen molar-refractivity contribution in [3.8, 4) is 67.3 Å². The van der Waals surface area contributed by atoms with Gasteiger partial charge in [-0.2, -0.15) is 0 Å². The van der Waals surface area contributed by atoms with Crippen LogP contribution in [-0.2, 0) is 0 Å². The number of pyridine rings is 1. The van der Waals surface area contributed by atoms with Gasteiger partial charge in [0.2, 0.25) is 0 Å². The largest absolute Gasteiger partial charge is 0.455 e. The molecule has 7 aromatic carbocycles. The van der Waals surface area contributed by atoms with Crippen molar-refractivity contribution in [2.24, 2.45) is 0 Å². The zero-order chi connectivity index (χ0) is 37.0. The molecule has 0 fully saturated rings. The number of rotatable bonds is 6.